The van der Waals surface area contributed by atoms with Crippen LogP contribution in [-0.2, 0) is 0 Å². The minimum absolute atomic E-state index is 0.225. The maximum Gasteiger partial charge on any atom is 0.316 e. The molecule has 0 aromatic heterocycles. The Morgan fingerprint density at radius 2 is 1.81 bits per heavy atom. The zero-order valence-electron chi connectivity index (χ0n) is 8.68. The van der Waals surface area contributed by atoms with Crippen molar-refractivity contribution >= 4 is 5.78 Å². The second-order valence-electron chi connectivity index (χ2n) is 3.76. The number of benzene rings is 1. The van der Waals surface area contributed by atoms with Crippen molar-refractivity contribution in [2.75, 3.05) is 0 Å². The van der Waals surface area contributed by atoms with E-state index in [9.17, 15) is 14.9 Å². The number of hydrogen-bond donors (Lipinski definition) is 0. The molecule has 1 aromatic rings. The van der Waals surface area contributed by atoms with Crippen LogP contribution >= 0.6 is 0 Å². The van der Waals surface area contributed by atoms with Crippen molar-refractivity contribution in [3.8, 4) is 0 Å². The molecule has 16 heavy (non-hydrogen) atoms. The van der Waals surface area contributed by atoms with Crippen molar-refractivity contribution in [1.82, 2.24) is 0 Å². The van der Waals surface area contributed by atoms with Gasteiger partial charge in [-0.2, -0.15) is 0 Å². The highest BCUT2D eigenvalue weighted by atomic mass is 16.6. The van der Waals surface area contributed by atoms with E-state index in [1.807, 2.05) is 0 Å². The fourth-order valence-corrected chi connectivity index (χ4v) is 1.69. The fraction of sp³-hybridized carbons (Fsp3) is 0.250. The summed E-state index contributed by atoms with van der Waals surface area (Å²) in [5.41, 5.74) is 0.838. The van der Waals surface area contributed by atoms with Gasteiger partial charge in [-0.3, -0.25) is 14.9 Å². The molecular weight excluding hydrogens is 206 g/mol. The van der Waals surface area contributed by atoms with Crippen LogP contribution in [0.15, 0.2) is 41.6 Å². The Morgan fingerprint density at radius 1 is 1.19 bits per heavy atom. The summed E-state index contributed by atoms with van der Waals surface area (Å²) in [5.74, 6) is -0.472. The number of carbonyl (C=O) groups excluding carboxylic acids is 1. The molecule has 0 amide bonds. The number of ketones is 1. The molecule has 2 rings (SSSR count). The van der Waals surface area contributed by atoms with E-state index in [2.05, 4.69) is 0 Å². The van der Waals surface area contributed by atoms with Crippen LogP contribution in [0.25, 0.3) is 0 Å². The number of allylic oxidation sites excluding steroid dienone is 2. The van der Waals surface area contributed by atoms with Gasteiger partial charge < -0.3 is 0 Å². The lowest BCUT2D eigenvalue weighted by atomic mass is 9.88. The topological polar surface area (TPSA) is 60.2 Å². The quantitative estimate of drug-likeness (QED) is 0.338. The maximum absolute atomic E-state index is 11.9. The molecule has 82 valence electrons. The lowest BCUT2D eigenvalue weighted by molar-refractivity contribution is -0.418. The van der Waals surface area contributed by atoms with Gasteiger partial charge in [-0.05, 0) is 19.3 Å². The smallest absolute Gasteiger partial charge is 0.282 e. The summed E-state index contributed by atoms with van der Waals surface area (Å²) < 4.78 is 0. The first-order valence-electron chi connectivity index (χ1n) is 5.16. The largest absolute Gasteiger partial charge is 0.316 e. The van der Waals surface area contributed by atoms with Crippen LogP contribution < -0.4 is 0 Å². The van der Waals surface area contributed by atoms with Gasteiger partial charge in [0.05, 0.1) is 4.92 Å². The van der Waals surface area contributed by atoms with E-state index in [0.29, 0.717) is 24.0 Å². The highest BCUT2D eigenvalue weighted by Gasteiger charge is 2.30. The Labute approximate surface area is 92.7 Å². The molecule has 0 atom stereocenters. The van der Waals surface area contributed by atoms with Crippen LogP contribution in [0.2, 0.25) is 0 Å². The van der Waals surface area contributed by atoms with E-state index < -0.39 is 10.7 Å². The Bertz CT molecular complexity index is 456. The highest BCUT2D eigenvalue weighted by molar-refractivity contribution is 6.07. The molecule has 0 N–H and O–H groups in total. The van der Waals surface area contributed by atoms with E-state index in [4.69, 9.17) is 0 Å². The molecule has 0 saturated heterocycles. The van der Waals surface area contributed by atoms with Gasteiger partial charge in [0.15, 0.2) is 0 Å². The predicted octanol–water partition coefficient (Wildman–Crippen LogP) is 2.58. The van der Waals surface area contributed by atoms with Crippen LogP contribution in [0.1, 0.15) is 29.6 Å². The Morgan fingerprint density at radius 3 is 2.25 bits per heavy atom. The third-order valence-corrected chi connectivity index (χ3v) is 2.73. The third-order valence-electron chi connectivity index (χ3n) is 2.73. The standard InChI is InChI=1S/C12H11NO3/c14-12(10-5-2-1-3-6-10)11(13(15)16)9-7-4-8-9/h1-3,5-6H,4,7-8H2. The van der Waals surface area contributed by atoms with Gasteiger partial charge in [0.25, 0.3) is 5.78 Å². The van der Waals surface area contributed by atoms with Gasteiger partial charge in [0, 0.05) is 11.1 Å². The Balaban J connectivity index is 2.36. The van der Waals surface area contributed by atoms with E-state index in [0.717, 1.165) is 6.42 Å². The van der Waals surface area contributed by atoms with Crippen molar-refractivity contribution in [2.24, 2.45) is 0 Å². The van der Waals surface area contributed by atoms with Crippen molar-refractivity contribution in [3.63, 3.8) is 0 Å². The first-order chi connectivity index (χ1) is 7.70. The van der Waals surface area contributed by atoms with Crippen molar-refractivity contribution in [3.05, 3.63) is 57.3 Å². The van der Waals surface area contributed by atoms with E-state index in [-0.39, 0.29) is 5.70 Å². The molecule has 0 heterocycles. The molecule has 0 aliphatic heterocycles. The molecule has 4 nitrogen and oxygen atoms in total. The zero-order chi connectivity index (χ0) is 11.5. The predicted molar refractivity (Wildman–Crippen MR) is 58.6 cm³/mol. The van der Waals surface area contributed by atoms with Crippen LogP contribution in [0.3, 0.4) is 0 Å². The Hall–Kier alpha value is -1.97. The van der Waals surface area contributed by atoms with Crippen LogP contribution in [0.4, 0.5) is 0 Å². The Kier molecular flexibility index (Phi) is 2.81. The molecule has 1 fully saturated rings. The molecule has 1 saturated carbocycles. The second-order valence-corrected chi connectivity index (χ2v) is 3.76. The molecule has 1 aliphatic rings. The number of hydrogen-bond acceptors (Lipinski definition) is 3. The van der Waals surface area contributed by atoms with Gasteiger partial charge in [0.1, 0.15) is 0 Å². The van der Waals surface area contributed by atoms with Crippen molar-refractivity contribution in [1.29, 1.82) is 0 Å². The van der Waals surface area contributed by atoms with Crippen molar-refractivity contribution in [2.45, 2.75) is 19.3 Å². The maximum atomic E-state index is 11.9. The van der Waals surface area contributed by atoms with Gasteiger partial charge in [-0.25, -0.2) is 0 Å². The minimum Gasteiger partial charge on any atom is -0.282 e. The summed E-state index contributed by atoms with van der Waals surface area (Å²) >= 11 is 0. The highest BCUT2D eigenvalue weighted by Crippen LogP contribution is 2.30. The molecule has 1 aromatic carbocycles. The summed E-state index contributed by atoms with van der Waals surface area (Å²) in [7, 11) is 0. The number of nitro groups is 1. The summed E-state index contributed by atoms with van der Waals surface area (Å²) in [4.78, 5) is 22.2. The average Bonchev–Trinajstić information content (AvgIpc) is 2.23. The number of nitrogens with zero attached hydrogens (tertiary/aromatic N) is 1. The van der Waals surface area contributed by atoms with Crippen LogP contribution in [-0.4, -0.2) is 10.7 Å². The van der Waals surface area contributed by atoms with E-state index >= 15 is 0 Å². The first-order valence-corrected chi connectivity index (χ1v) is 5.16. The van der Waals surface area contributed by atoms with Gasteiger partial charge >= 0.3 is 5.70 Å². The summed E-state index contributed by atoms with van der Waals surface area (Å²) in [6.07, 6.45) is 2.29. The SMILES string of the molecule is O=C(C(=C1CCC1)[N+](=O)[O-])c1ccccc1. The lowest BCUT2D eigenvalue weighted by Gasteiger charge is -2.15. The van der Waals surface area contributed by atoms with Gasteiger partial charge in [0.2, 0.25) is 0 Å². The summed E-state index contributed by atoms with van der Waals surface area (Å²) in [6, 6.07) is 8.39. The lowest BCUT2D eigenvalue weighted by Crippen LogP contribution is -2.17. The molecule has 0 unspecified atom stereocenters. The van der Waals surface area contributed by atoms with Gasteiger partial charge in [-0.1, -0.05) is 30.3 Å². The average molecular weight is 217 g/mol. The summed E-state index contributed by atoms with van der Waals surface area (Å²) in [6.45, 7) is 0. The van der Waals surface area contributed by atoms with Crippen LogP contribution in [0.5, 0.6) is 0 Å². The van der Waals surface area contributed by atoms with Crippen LogP contribution in [0, 0.1) is 10.1 Å². The first kappa shape index (κ1) is 10.5. The molecule has 4 heteroatoms. The fourth-order valence-electron chi connectivity index (χ4n) is 1.69. The molecule has 0 bridgehead atoms. The molecular formula is C12H11NO3. The normalized spacial score (nSPS) is 14.1. The number of carbonyl (C=O) groups is 1. The molecule has 0 spiro atoms. The van der Waals surface area contributed by atoms with Crippen molar-refractivity contribution < 1.29 is 9.72 Å². The zero-order valence-corrected chi connectivity index (χ0v) is 8.68. The van der Waals surface area contributed by atoms with Gasteiger partial charge in [-0.15, -0.1) is 0 Å². The number of Topliss-reactive ketones (excluding diaryl/α,β-unsaturated/α-hetero) is 1. The minimum atomic E-state index is -0.552. The van der Waals surface area contributed by atoms with E-state index in [1.165, 1.54) is 0 Å². The second kappa shape index (κ2) is 4.26. The monoisotopic (exact) mass is 217 g/mol. The molecule has 1 aliphatic carbocycles. The summed E-state index contributed by atoms with van der Waals surface area (Å²) in [5, 5.41) is 10.9. The third kappa shape index (κ3) is 1.86. The van der Waals surface area contributed by atoms with E-state index in [1.54, 1.807) is 30.3 Å². The number of rotatable bonds is 3. The molecule has 0 radical (unpaired) electrons.